The van der Waals surface area contributed by atoms with Gasteiger partial charge in [0.2, 0.25) is 0 Å². The van der Waals surface area contributed by atoms with Gasteiger partial charge in [-0.25, -0.2) is 0 Å². The maximum atomic E-state index is 11.0. The van der Waals surface area contributed by atoms with E-state index in [0.29, 0.717) is 0 Å². The molecule has 0 fully saturated rings. The molecule has 0 bridgehead atoms. The molecule has 1 aromatic rings. The van der Waals surface area contributed by atoms with E-state index in [1.807, 2.05) is 14.1 Å². The van der Waals surface area contributed by atoms with Crippen molar-refractivity contribution >= 4 is 11.7 Å². The topological polar surface area (TPSA) is 52.6 Å². The average Bonchev–Trinajstić information content (AvgIpc) is 2.43. The van der Waals surface area contributed by atoms with Gasteiger partial charge in [0.1, 0.15) is 0 Å². The Morgan fingerprint density at radius 2 is 1.90 bits per heavy atom. The lowest BCUT2D eigenvalue weighted by Gasteiger charge is -2.18. The molecule has 1 aromatic carbocycles. The summed E-state index contributed by atoms with van der Waals surface area (Å²) >= 11 is 0. The number of carboxylic acids is 1. The summed E-state index contributed by atoms with van der Waals surface area (Å²) in [5.74, 6) is -0.743. The lowest BCUT2D eigenvalue weighted by molar-refractivity contribution is -0.137. The molecule has 118 valence electrons. The molecule has 0 aromatic heterocycles. The standard InChI is InChI=1S/C17H28N2O2/c1-4-5-6-11-18-15(13-17(20)21)12-14-7-9-16(10-8-14)19(2)3/h7-10,15,18H,4-6,11-13H2,1-3H3,(H,20,21). The maximum Gasteiger partial charge on any atom is 0.304 e. The van der Waals surface area contributed by atoms with Gasteiger partial charge >= 0.3 is 5.97 Å². The number of unbranched alkanes of at least 4 members (excludes halogenated alkanes) is 2. The summed E-state index contributed by atoms with van der Waals surface area (Å²) in [5, 5.41) is 12.4. The van der Waals surface area contributed by atoms with Crippen LogP contribution in [0.1, 0.15) is 38.2 Å². The fourth-order valence-corrected chi connectivity index (χ4v) is 2.32. The number of nitrogens with one attached hydrogen (secondary N) is 1. The lowest BCUT2D eigenvalue weighted by atomic mass is 10.0. The smallest absolute Gasteiger partial charge is 0.304 e. The van der Waals surface area contributed by atoms with Crippen molar-refractivity contribution in [1.82, 2.24) is 5.32 Å². The van der Waals surface area contributed by atoms with E-state index in [9.17, 15) is 4.79 Å². The van der Waals surface area contributed by atoms with E-state index < -0.39 is 5.97 Å². The lowest BCUT2D eigenvalue weighted by Crippen LogP contribution is -2.34. The van der Waals surface area contributed by atoms with Gasteiger partial charge in [0.25, 0.3) is 0 Å². The first kappa shape index (κ1) is 17.5. The van der Waals surface area contributed by atoms with Crippen LogP contribution in [0.3, 0.4) is 0 Å². The number of hydrogen-bond donors (Lipinski definition) is 2. The van der Waals surface area contributed by atoms with Gasteiger partial charge in [-0.3, -0.25) is 4.79 Å². The van der Waals surface area contributed by atoms with E-state index in [2.05, 4.69) is 41.4 Å². The van der Waals surface area contributed by atoms with Crippen molar-refractivity contribution in [1.29, 1.82) is 0 Å². The van der Waals surface area contributed by atoms with E-state index >= 15 is 0 Å². The molecule has 4 heteroatoms. The third-order valence-corrected chi connectivity index (χ3v) is 3.57. The molecule has 4 nitrogen and oxygen atoms in total. The minimum absolute atomic E-state index is 0.00422. The number of carbonyl (C=O) groups is 1. The van der Waals surface area contributed by atoms with Gasteiger partial charge in [0.05, 0.1) is 6.42 Å². The second kappa shape index (κ2) is 9.40. The third-order valence-electron chi connectivity index (χ3n) is 3.57. The molecule has 1 atom stereocenters. The molecular formula is C17H28N2O2. The van der Waals surface area contributed by atoms with Gasteiger partial charge < -0.3 is 15.3 Å². The van der Waals surface area contributed by atoms with Crippen LogP contribution in [0.15, 0.2) is 24.3 Å². The monoisotopic (exact) mass is 292 g/mol. The van der Waals surface area contributed by atoms with Crippen molar-refractivity contribution in [2.45, 2.75) is 45.1 Å². The fraction of sp³-hybridized carbons (Fsp3) is 0.588. The third kappa shape index (κ3) is 7.14. The minimum atomic E-state index is -0.743. The van der Waals surface area contributed by atoms with Gasteiger partial charge in [0, 0.05) is 25.8 Å². The second-order valence-corrected chi connectivity index (χ2v) is 5.72. The van der Waals surface area contributed by atoms with E-state index in [1.54, 1.807) is 0 Å². The summed E-state index contributed by atoms with van der Waals surface area (Å²) in [4.78, 5) is 13.0. The Kier molecular flexibility index (Phi) is 7.83. The number of anilines is 1. The van der Waals surface area contributed by atoms with Gasteiger partial charge in [-0.15, -0.1) is 0 Å². The molecule has 2 N–H and O–H groups in total. The van der Waals surface area contributed by atoms with Crippen molar-refractivity contribution < 1.29 is 9.90 Å². The normalized spacial score (nSPS) is 12.1. The molecule has 1 rings (SSSR count). The first-order chi connectivity index (χ1) is 10.0. The summed E-state index contributed by atoms with van der Waals surface area (Å²) in [5.41, 5.74) is 2.33. The molecule has 0 heterocycles. The van der Waals surface area contributed by atoms with E-state index in [-0.39, 0.29) is 12.5 Å². The summed E-state index contributed by atoms with van der Waals surface area (Å²) < 4.78 is 0. The highest BCUT2D eigenvalue weighted by atomic mass is 16.4. The highest BCUT2D eigenvalue weighted by Crippen LogP contribution is 2.14. The minimum Gasteiger partial charge on any atom is -0.481 e. The zero-order valence-corrected chi connectivity index (χ0v) is 13.4. The molecule has 1 unspecified atom stereocenters. The number of carboxylic acid groups (broad SMARTS) is 1. The van der Waals surface area contributed by atoms with E-state index in [1.165, 1.54) is 18.4 Å². The Hall–Kier alpha value is -1.55. The van der Waals surface area contributed by atoms with Crippen LogP contribution in [0.4, 0.5) is 5.69 Å². The quantitative estimate of drug-likeness (QED) is 0.651. The van der Waals surface area contributed by atoms with E-state index in [4.69, 9.17) is 5.11 Å². The molecule has 0 saturated heterocycles. The van der Waals surface area contributed by atoms with Crippen molar-refractivity contribution in [3.05, 3.63) is 29.8 Å². The Bertz CT molecular complexity index is 415. The van der Waals surface area contributed by atoms with Crippen LogP contribution in [-0.4, -0.2) is 37.8 Å². The number of hydrogen-bond acceptors (Lipinski definition) is 3. The second-order valence-electron chi connectivity index (χ2n) is 5.72. The van der Waals surface area contributed by atoms with Crippen molar-refractivity contribution in [2.75, 3.05) is 25.5 Å². The molecule has 0 aliphatic rings. The Morgan fingerprint density at radius 3 is 2.43 bits per heavy atom. The zero-order chi connectivity index (χ0) is 15.7. The molecule has 21 heavy (non-hydrogen) atoms. The van der Waals surface area contributed by atoms with Crippen LogP contribution in [0.25, 0.3) is 0 Å². The summed E-state index contributed by atoms with van der Waals surface area (Å²) in [7, 11) is 4.02. The summed E-state index contributed by atoms with van der Waals surface area (Å²) in [6.45, 7) is 3.06. The number of nitrogens with zero attached hydrogens (tertiary/aromatic N) is 1. The highest BCUT2D eigenvalue weighted by Gasteiger charge is 2.13. The fourth-order valence-electron chi connectivity index (χ4n) is 2.32. The Labute approximate surface area is 128 Å². The van der Waals surface area contributed by atoms with Crippen LogP contribution in [0.2, 0.25) is 0 Å². The first-order valence-electron chi connectivity index (χ1n) is 7.74. The van der Waals surface area contributed by atoms with Gasteiger partial charge in [-0.2, -0.15) is 0 Å². The molecule has 0 aliphatic carbocycles. The van der Waals surface area contributed by atoms with Crippen molar-refractivity contribution in [3.63, 3.8) is 0 Å². The SMILES string of the molecule is CCCCCNC(CC(=O)O)Cc1ccc(N(C)C)cc1. The number of benzene rings is 1. The van der Waals surface area contributed by atoms with Crippen molar-refractivity contribution in [3.8, 4) is 0 Å². The number of rotatable bonds is 10. The Morgan fingerprint density at radius 1 is 1.24 bits per heavy atom. The molecular weight excluding hydrogens is 264 g/mol. The number of aliphatic carboxylic acids is 1. The average molecular weight is 292 g/mol. The largest absolute Gasteiger partial charge is 0.481 e. The Balaban J connectivity index is 2.55. The van der Waals surface area contributed by atoms with Gasteiger partial charge in [-0.1, -0.05) is 31.9 Å². The maximum absolute atomic E-state index is 11.0. The predicted octanol–water partition coefficient (Wildman–Crippen LogP) is 2.92. The van der Waals surface area contributed by atoms with Gasteiger partial charge in [-0.05, 0) is 37.1 Å². The molecule has 0 radical (unpaired) electrons. The van der Waals surface area contributed by atoms with Crippen LogP contribution in [0.5, 0.6) is 0 Å². The van der Waals surface area contributed by atoms with Gasteiger partial charge in [0.15, 0.2) is 0 Å². The molecule has 0 saturated carbocycles. The van der Waals surface area contributed by atoms with Crippen molar-refractivity contribution in [2.24, 2.45) is 0 Å². The van der Waals surface area contributed by atoms with Crippen LogP contribution < -0.4 is 10.2 Å². The highest BCUT2D eigenvalue weighted by molar-refractivity contribution is 5.67. The first-order valence-corrected chi connectivity index (χ1v) is 7.74. The molecule has 0 amide bonds. The summed E-state index contributed by atoms with van der Waals surface area (Å²) in [6.07, 6.45) is 4.39. The summed E-state index contributed by atoms with van der Waals surface area (Å²) in [6, 6.07) is 8.31. The zero-order valence-electron chi connectivity index (χ0n) is 13.4. The van der Waals surface area contributed by atoms with Crippen LogP contribution in [-0.2, 0) is 11.2 Å². The van der Waals surface area contributed by atoms with E-state index in [0.717, 1.165) is 25.1 Å². The predicted molar refractivity (Wildman–Crippen MR) is 88.0 cm³/mol. The van der Waals surface area contributed by atoms with Crippen LogP contribution >= 0.6 is 0 Å². The van der Waals surface area contributed by atoms with Crippen LogP contribution in [0, 0.1) is 0 Å². The molecule has 0 spiro atoms. The molecule has 0 aliphatic heterocycles.